The summed E-state index contributed by atoms with van der Waals surface area (Å²) in [5.74, 6) is 0.980. The highest BCUT2D eigenvalue weighted by molar-refractivity contribution is 9.10. The Balaban J connectivity index is 1.54. The normalized spacial score (nSPS) is 16.7. The first-order chi connectivity index (χ1) is 15.1. The van der Waals surface area contributed by atoms with Crippen LogP contribution in [0.5, 0.6) is 11.5 Å². The average Bonchev–Trinajstić information content (AvgIpc) is 3.57. The van der Waals surface area contributed by atoms with E-state index in [9.17, 15) is 4.79 Å². The summed E-state index contributed by atoms with van der Waals surface area (Å²) in [5.41, 5.74) is 5.41. The van der Waals surface area contributed by atoms with Gasteiger partial charge >= 0.3 is 0 Å². The number of methoxy groups -OCH3 is 2. The number of halogens is 1. The molecule has 0 spiro atoms. The zero-order valence-corrected chi connectivity index (χ0v) is 18.9. The third-order valence-electron chi connectivity index (χ3n) is 5.74. The smallest absolute Gasteiger partial charge is 0.244 e. The van der Waals surface area contributed by atoms with Crippen LogP contribution in [0.3, 0.4) is 0 Å². The molecule has 0 radical (unpaired) electrons. The van der Waals surface area contributed by atoms with Gasteiger partial charge in [0.05, 0.1) is 30.8 Å². The van der Waals surface area contributed by atoms with Crippen LogP contribution in [0.15, 0.2) is 82.4 Å². The number of amides is 1. The molecule has 0 aliphatic heterocycles. The highest BCUT2D eigenvalue weighted by atomic mass is 79.9. The molecule has 31 heavy (non-hydrogen) atoms. The molecule has 0 saturated heterocycles. The average molecular weight is 479 g/mol. The molecule has 1 aliphatic rings. The van der Waals surface area contributed by atoms with E-state index in [-0.39, 0.29) is 17.2 Å². The lowest BCUT2D eigenvalue weighted by Crippen LogP contribution is -2.25. The third kappa shape index (κ3) is 4.08. The van der Waals surface area contributed by atoms with Gasteiger partial charge in [0, 0.05) is 17.0 Å². The first kappa shape index (κ1) is 21.1. The van der Waals surface area contributed by atoms with E-state index >= 15 is 0 Å². The molecule has 1 amide bonds. The van der Waals surface area contributed by atoms with Gasteiger partial charge in [-0.2, -0.15) is 5.10 Å². The van der Waals surface area contributed by atoms with Gasteiger partial charge in [-0.3, -0.25) is 4.79 Å². The number of benzene rings is 3. The molecule has 1 atom stereocenters. The SMILES string of the molecule is COc1cc(OC)c(/C=N\NC(=O)C2CC2(c2ccccc2)c2ccccc2)cc1Br. The van der Waals surface area contributed by atoms with Crippen LogP contribution in [-0.2, 0) is 10.2 Å². The molecule has 6 heteroatoms. The molecular formula is C25H23BrN2O3. The molecular weight excluding hydrogens is 456 g/mol. The van der Waals surface area contributed by atoms with Crippen LogP contribution in [0, 0.1) is 5.92 Å². The van der Waals surface area contributed by atoms with Gasteiger partial charge in [0.15, 0.2) is 0 Å². The van der Waals surface area contributed by atoms with Gasteiger partial charge in [-0.25, -0.2) is 5.43 Å². The Morgan fingerprint density at radius 3 is 2.13 bits per heavy atom. The number of carbonyl (C=O) groups is 1. The number of nitrogens with one attached hydrogen (secondary N) is 1. The quantitative estimate of drug-likeness (QED) is 0.387. The molecule has 5 nitrogen and oxygen atoms in total. The summed E-state index contributed by atoms with van der Waals surface area (Å²) in [4.78, 5) is 13.0. The van der Waals surface area contributed by atoms with Crippen LogP contribution in [0.1, 0.15) is 23.1 Å². The predicted molar refractivity (Wildman–Crippen MR) is 125 cm³/mol. The summed E-state index contributed by atoms with van der Waals surface area (Å²) in [6.45, 7) is 0. The second-order valence-electron chi connectivity index (χ2n) is 7.42. The maximum absolute atomic E-state index is 13.0. The largest absolute Gasteiger partial charge is 0.496 e. The number of hydrogen-bond acceptors (Lipinski definition) is 4. The van der Waals surface area contributed by atoms with Crippen molar-refractivity contribution in [1.82, 2.24) is 5.43 Å². The lowest BCUT2D eigenvalue weighted by atomic mass is 9.85. The van der Waals surface area contributed by atoms with Crippen molar-refractivity contribution < 1.29 is 14.3 Å². The van der Waals surface area contributed by atoms with Gasteiger partial charge in [0.2, 0.25) is 5.91 Å². The van der Waals surface area contributed by atoms with Gasteiger partial charge in [0.25, 0.3) is 0 Å². The van der Waals surface area contributed by atoms with Gasteiger partial charge in [-0.15, -0.1) is 0 Å². The minimum atomic E-state index is -0.317. The van der Waals surface area contributed by atoms with Crippen LogP contribution in [0.2, 0.25) is 0 Å². The Hall–Kier alpha value is -3.12. The molecule has 1 aliphatic carbocycles. The van der Waals surface area contributed by atoms with Crippen molar-refractivity contribution in [2.24, 2.45) is 11.0 Å². The monoisotopic (exact) mass is 478 g/mol. The van der Waals surface area contributed by atoms with E-state index in [1.807, 2.05) is 42.5 Å². The first-order valence-corrected chi connectivity index (χ1v) is 10.7. The molecule has 0 heterocycles. The fourth-order valence-electron chi connectivity index (χ4n) is 4.08. The van der Waals surface area contributed by atoms with Gasteiger partial charge in [-0.1, -0.05) is 60.7 Å². The standard InChI is InChI=1S/C25H23BrN2O3/c1-30-22-14-23(31-2)21(26)13-17(22)16-27-28-24(29)20-15-25(20,18-9-5-3-6-10-18)19-11-7-4-8-12-19/h3-14,16,20H,15H2,1-2H3,(H,28,29)/b27-16-. The van der Waals surface area contributed by atoms with E-state index in [0.29, 0.717) is 11.5 Å². The van der Waals surface area contributed by atoms with Crippen molar-refractivity contribution in [2.75, 3.05) is 14.2 Å². The maximum Gasteiger partial charge on any atom is 0.244 e. The summed E-state index contributed by atoms with van der Waals surface area (Å²) in [5, 5.41) is 4.19. The Labute approximate surface area is 190 Å². The third-order valence-corrected chi connectivity index (χ3v) is 6.36. The van der Waals surface area contributed by atoms with E-state index < -0.39 is 0 Å². The second-order valence-corrected chi connectivity index (χ2v) is 8.28. The molecule has 1 unspecified atom stereocenters. The highest BCUT2D eigenvalue weighted by Gasteiger charge is 2.60. The van der Waals surface area contributed by atoms with Crippen molar-refractivity contribution in [3.05, 3.63) is 94.0 Å². The highest BCUT2D eigenvalue weighted by Crippen LogP contribution is 2.58. The van der Waals surface area contributed by atoms with E-state index in [1.165, 1.54) is 0 Å². The number of nitrogens with zero attached hydrogens (tertiary/aromatic N) is 1. The minimum absolute atomic E-state index is 0.101. The molecule has 1 N–H and O–H groups in total. The summed E-state index contributed by atoms with van der Waals surface area (Å²) in [7, 11) is 3.17. The van der Waals surface area contributed by atoms with Crippen molar-refractivity contribution >= 4 is 28.1 Å². The number of hydrogen-bond donors (Lipinski definition) is 1. The Bertz CT molecular complexity index is 1060. The molecule has 4 rings (SSSR count). The number of hydrazone groups is 1. The van der Waals surface area contributed by atoms with Crippen molar-refractivity contribution in [2.45, 2.75) is 11.8 Å². The number of ether oxygens (including phenoxy) is 2. The van der Waals surface area contributed by atoms with E-state index in [2.05, 4.69) is 50.7 Å². The fourth-order valence-corrected chi connectivity index (χ4v) is 4.61. The zero-order valence-electron chi connectivity index (χ0n) is 17.3. The molecule has 1 fully saturated rings. The molecule has 158 valence electrons. The van der Waals surface area contributed by atoms with E-state index in [1.54, 1.807) is 26.5 Å². The summed E-state index contributed by atoms with van der Waals surface area (Å²) in [6, 6.07) is 24.0. The Kier molecular flexibility index (Phi) is 6.09. The van der Waals surface area contributed by atoms with E-state index in [0.717, 1.165) is 27.6 Å². The Morgan fingerprint density at radius 1 is 1.00 bits per heavy atom. The number of rotatable bonds is 7. The maximum atomic E-state index is 13.0. The summed E-state index contributed by atoms with van der Waals surface area (Å²) < 4.78 is 11.5. The fraction of sp³-hybridized carbons (Fsp3) is 0.200. The van der Waals surface area contributed by atoms with Crippen molar-refractivity contribution in [3.8, 4) is 11.5 Å². The van der Waals surface area contributed by atoms with Crippen LogP contribution < -0.4 is 14.9 Å². The lowest BCUT2D eigenvalue weighted by molar-refractivity contribution is -0.122. The van der Waals surface area contributed by atoms with Gasteiger partial charge < -0.3 is 9.47 Å². The van der Waals surface area contributed by atoms with Crippen molar-refractivity contribution in [1.29, 1.82) is 0 Å². The van der Waals surface area contributed by atoms with Crippen LogP contribution in [0.25, 0.3) is 0 Å². The lowest BCUT2D eigenvalue weighted by Gasteiger charge is -2.18. The topological polar surface area (TPSA) is 59.9 Å². The van der Waals surface area contributed by atoms with Crippen LogP contribution >= 0.6 is 15.9 Å². The van der Waals surface area contributed by atoms with Gasteiger partial charge in [-0.05, 0) is 39.5 Å². The first-order valence-electron chi connectivity index (χ1n) is 9.95. The molecule has 3 aromatic rings. The molecule has 1 saturated carbocycles. The second kappa shape index (κ2) is 8.94. The molecule has 0 bridgehead atoms. The zero-order chi connectivity index (χ0) is 21.8. The number of carbonyl (C=O) groups excluding carboxylic acids is 1. The van der Waals surface area contributed by atoms with Crippen molar-refractivity contribution in [3.63, 3.8) is 0 Å². The van der Waals surface area contributed by atoms with Gasteiger partial charge in [0.1, 0.15) is 11.5 Å². The predicted octanol–water partition coefficient (Wildman–Crippen LogP) is 4.92. The Morgan fingerprint density at radius 2 is 1.58 bits per heavy atom. The van der Waals surface area contributed by atoms with Crippen LogP contribution in [-0.4, -0.2) is 26.3 Å². The summed E-state index contributed by atoms with van der Waals surface area (Å²) in [6.07, 6.45) is 2.33. The summed E-state index contributed by atoms with van der Waals surface area (Å²) >= 11 is 3.46. The molecule has 0 aromatic heterocycles. The minimum Gasteiger partial charge on any atom is -0.496 e. The van der Waals surface area contributed by atoms with E-state index in [4.69, 9.17) is 9.47 Å². The molecule has 3 aromatic carbocycles. The van der Waals surface area contributed by atoms with Crippen LogP contribution in [0.4, 0.5) is 0 Å².